The van der Waals surface area contributed by atoms with E-state index in [2.05, 4.69) is 11.8 Å². The molecule has 1 heterocycles. The van der Waals surface area contributed by atoms with Gasteiger partial charge in [-0.15, -0.1) is 0 Å². The fourth-order valence-electron chi connectivity index (χ4n) is 2.36. The highest BCUT2D eigenvalue weighted by Crippen LogP contribution is 2.21. The minimum absolute atomic E-state index is 0.0724. The number of hydrogen-bond acceptors (Lipinski definition) is 3. The highest BCUT2D eigenvalue weighted by Gasteiger charge is 2.18. The second kappa shape index (κ2) is 6.97. The summed E-state index contributed by atoms with van der Waals surface area (Å²) < 4.78 is 5.25. The number of rotatable bonds is 2. The second-order valence-corrected chi connectivity index (χ2v) is 4.77. The molecule has 1 aromatic carbocycles. The van der Waals surface area contributed by atoms with Crippen LogP contribution < -0.4 is 10.5 Å². The molecule has 2 N–H and O–H groups in total. The molecular weight excluding hydrogens is 252 g/mol. The zero-order valence-corrected chi connectivity index (χ0v) is 11.8. The highest BCUT2D eigenvalue weighted by atomic mass is 16.5. The summed E-state index contributed by atoms with van der Waals surface area (Å²) in [6.07, 6.45) is 3.38. The maximum Gasteiger partial charge on any atom is 0.253 e. The van der Waals surface area contributed by atoms with Gasteiger partial charge in [-0.3, -0.25) is 4.79 Å². The molecule has 1 amide bonds. The lowest BCUT2D eigenvalue weighted by Gasteiger charge is -2.26. The van der Waals surface area contributed by atoms with Gasteiger partial charge in [-0.05, 0) is 37.5 Å². The van der Waals surface area contributed by atoms with Gasteiger partial charge in [0, 0.05) is 18.7 Å². The molecule has 0 spiro atoms. The molecule has 4 nitrogen and oxygen atoms in total. The molecule has 2 rings (SSSR count). The Balaban J connectivity index is 2.25. The highest BCUT2D eigenvalue weighted by molar-refractivity contribution is 5.95. The lowest BCUT2D eigenvalue weighted by molar-refractivity contribution is 0.0724. The summed E-state index contributed by atoms with van der Waals surface area (Å²) in [5.74, 6) is 6.49. The van der Waals surface area contributed by atoms with Gasteiger partial charge < -0.3 is 15.4 Å². The number of carbonyl (C=O) groups excluding carboxylic acids is 1. The molecule has 4 heteroatoms. The average Bonchev–Trinajstić information content (AvgIpc) is 2.52. The first-order valence-corrected chi connectivity index (χ1v) is 6.92. The number of amides is 1. The Morgan fingerprint density at radius 3 is 2.75 bits per heavy atom. The number of methoxy groups -OCH3 is 1. The normalized spacial score (nSPS) is 14.4. The van der Waals surface area contributed by atoms with Crippen LogP contribution in [-0.2, 0) is 0 Å². The van der Waals surface area contributed by atoms with Crippen molar-refractivity contribution in [1.29, 1.82) is 0 Å². The fourth-order valence-corrected chi connectivity index (χ4v) is 2.36. The molecule has 1 saturated heterocycles. The van der Waals surface area contributed by atoms with Crippen LogP contribution in [0.15, 0.2) is 18.2 Å². The Morgan fingerprint density at radius 2 is 2.10 bits per heavy atom. The van der Waals surface area contributed by atoms with Crippen LogP contribution >= 0.6 is 0 Å². The van der Waals surface area contributed by atoms with E-state index < -0.39 is 0 Å². The van der Waals surface area contributed by atoms with E-state index in [0.717, 1.165) is 25.9 Å². The van der Waals surface area contributed by atoms with E-state index in [9.17, 15) is 4.79 Å². The topological polar surface area (TPSA) is 55.6 Å². The largest absolute Gasteiger partial charge is 0.495 e. The van der Waals surface area contributed by atoms with Crippen LogP contribution in [0.1, 0.15) is 35.2 Å². The quantitative estimate of drug-likeness (QED) is 0.833. The Bertz CT molecular complexity index is 537. The zero-order chi connectivity index (χ0) is 14.4. The molecule has 1 fully saturated rings. The monoisotopic (exact) mass is 272 g/mol. The molecular formula is C16H20N2O2. The molecule has 0 unspecified atom stereocenters. The molecule has 0 saturated carbocycles. The van der Waals surface area contributed by atoms with Crippen molar-refractivity contribution in [2.45, 2.75) is 19.3 Å². The second-order valence-electron chi connectivity index (χ2n) is 4.77. The minimum Gasteiger partial charge on any atom is -0.495 e. The van der Waals surface area contributed by atoms with Crippen molar-refractivity contribution in [3.05, 3.63) is 29.3 Å². The molecule has 0 aromatic heterocycles. The van der Waals surface area contributed by atoms with E-state index in [1.807, 2.05) is 4.90 Å². The maximum atomic E-state index is 12.4. The van der Waals surface area contributed by atoms with Crippen molar-refractivity contribution in [2.24, 2.45) is 5.73 Å². The third kappa shape index (κ3) is 3.31. The fraction of sp³-hybridized carbons (Fsp3) is 0.438. The molecule has 1 aliphatic rings. The van der Waals surface area contributed by atoms with Gasteiger partial charge in [-0.1, -0.05) is 11.8 Å². The van der Waals surface area contributed by atoms with E-state index >= 15 is 0 Å². The van der Waals surface area contributed by atoms with Crippen molar-refractivity contribution in [1.82, 2.24) is 4.90 Å². The first-order chi connectivity index (χ1) is 9.76. The first kappa shape index (κ1) is 14.4. The van der Waals surface area contributed by atoms with Crippen molar-refractivity contribution in [3.63, 3.8) is 0 Å². The van der Waals surface area contributed by atoms with E-state index in [1.54, 1.807) is 25.3 Å². The summed E-state index contributed by atoms with van der Waals surface area (Å²) in [6.45, 7) is 1.97. The summed E-state index contributed by atoms with van der Waals surface area (Å²) >= 11 is 0. The van der Waals surface area contributed by atoms with Crippen molar-refractivity contribution in [2.75, 3.05) is 26.7 Å². The van der Waals surface area contributed by atoms with Crippen LogP contribution in [0.25, 0.3) is 0 Å². The van der Waals surface area contributed by atoms with Crippen molar-refractivity contribution < 1.29 is 9.53 Å². The number of carbonyl (C=O) groups is 1. The predicted molar refractivity (Wildman–Crippen MR) is 78.7 cm³/mol. The molecule has 0 aliphatic carbocycles. The van der Waals surface area contributed by atoms with E-state index in [0.29, 0.717) is 16.9 Å². The van der Waals surface area contributed by atoms with Gasteiger partial charge >= 0.3 is 0 Å². The number of benzene rings is 1. The van der Waals surface area contributed by atoms with Crippen LogP contribution in [0.2, 0.25) is 0 Å². The van der Waals surface area contributed by atoms with Crippen LogP contribution in [0.4, 0.5) is 0 Å². The summed E-state index contributed by atoms with van der Waals surface area (Å²) in [4.78, 5) is 14.3. The zero-order valence-electron chi connectivity index (χ0n) is 11.8. The molecule has 0 bridgehead atoms. The van der Waals surface area contributed by atoms with Gasteiger partial charge in [-0.25, -0.2) is 0 Å². The number of nitrogens with zero attached hydrogens (tertiary/aromatic N) is 1. The van der Waals surface area contributed by atoms with Gasteiger partial charge in [0.2, 0.25) is 0 Å². The maximum absolute atomic E-state index is 12.4. The number of nitrogens with two attached hydrogens (primary N) is 1. The first-order valence-electron chi connectivity index (χ1n) is 6.92. The summed E-state index contributed by atoms with van der Waals surface area (Å²) in [7, 11) is 1.59. The van der Waals surface area contributed by atoms with Gasteiger partial charge in [0.25, 0.3) is 5.91 Å². The Hall–Kier alpha value is -1.99. The van der Waals surface area contributed by atoms with E-state index in [4.69, 9.17) is 10.5 Å². The predicted octanol–water partition coefficient (Wildman–Crippen LogP) is 1.63. The molecule has 106 valence electrons. The standard InChI is InChI=1S/C16H20N2O2/c1-20-15-8-7-14(12-13(15)6-5-9-17)16(19)18-10-3-2-4-11-18/h7-8,12H,2-4,9-11,17H2,1H3. The number of likely N-dealkylation sites (tertiary alicyclic amines) is 1. The molecule has 1 aliphatic heterocycles. The number of hydrogen-bond donors (Lipinski definition) is 1. The third-order valence-corrected chi connectivity index (χ3v) is 3.41. The Kier molecular flexibility index (Phi) is 5.03. The summed E-state index contributed by atoms with van der Waals surface area (Å²) in [5, 5.41) is 0. The van der Waals surface area contributed by atoms with E-state index in [1.165, 1.54) is 6.42 Å². The Labute approximate surface area is 119 Å². The van der Waals surface area contributed by atoms with Crippen LogP contribution in [0, 0.1) is 11.8 Å². The number of piperidine rings is 1. The lowest BCUT2D eigenvalue weighted by Crippen LogP contribution is -2.35. The smallest absolute Gasteiger partial charge is 0.253 e. The molecule has 0 atom stereocenters. The summed E-state index contributed by atoms with van der Waals surface area (Å²) in [6, 6.07) is 5.37. The van der Waals surface area contributed by atoms with Gasteiger partial charge in [0.1, 0.15) is 5.75 Å². The van der Waals surface area contributed by atoms with Gasteiger partial charge in [0.15, 0.2) is 0 Å². The van der Waals surface area contributed by atoms with Gasteiger partial charge in [-0.2, -0.15) is 0 Å². The number of ether oxygens (including phenoxy) is 1. The lowest BCUT2D eigenvalue weighted by atomic mass is 10.1. The van der Waals surface area contributed by atoms with E-state index in [-0.39, 0.29) is 12.5 Å². The SMILES string of the molecule is COc1ccc(C(=O)N2CCCCC2)cc1C#CCN. The molecule has 0 radical (unpaired) electrons. The van der Waals surface area contributed by atoms with Crippen molar-refractivity contribution in [3.8, 4) is 17.6 Å². The van der Waals surface area contributed by atoms with Crippen LogP contribution in [-0.4, -0.2) is 37.6 Å². The average molecular weight is 272 g/mol. The molecule has 20 heavy (non-hydrogen) atoms. The third-order valence-electron chi connectivity index (χ3n) is 3.41. The van der Waals surface area contributed by atoms with Crippen LogP contribution in [0.5, 0.6) is 5.75 Å². The van der Waals surface area contributed by atoms with Gasteiger partial charge in [0.05, 0.1) is 19.2 Å². The Morgan fingerprint density at radius 1 is 1.35 bits per heavy atom. The minimum atomic E-state index is 0.0724. The van der Waals surface area contributed by atoms with Crippen LogP contribution in [0.3, 0.4) is 0 Å². The van der Waals surface area contributed by atoms with Crippen molar-refractivity contribution >= 4 is 5.91 Å². The summed E-state index contributed by atoms with van der Waals surface area (Å²) in [5.41, 5.74) is 6.76. The molecule has 1 aromatic rings.